The van der Waals surface area contributed by atoms with E-state index in [0.29, 0.717) is 0 Å². The lowest BCUT2D eigenvalue weighted by molar-refractivity contribution is -0.0516. The summed E-state index contributed by atoms with van der Waals surface area (Å²) in [6.45, 7) is 5.84. The van der Waals surface area contributed by atoms with Crippen molar-refractivity contribution in [3.63, 3.8) is 0 Å². The van der Waals surface area contributed by atoms with Crippen molar-refractivity contribution in [3.05, 3.63) is 11.6 Å². The predicted octanol–water partition coefficient (Wildman–Crippen LogP) is 2.13. The third-order valence-corrected chi connectivity index (χ3v) is 2.87. The van der Waals surface area contributed by atoms with E-state index in [-0.39, 0.29) is 12.0 Å². The quantitative estimate of drug-likeness (QED) is 0.666. The summed E-state index contributed by atoms with van der Waals surface area (Å²) in [7, 11) is 1.71. The first-order valence-corrected chi connectivity index (χ1v) is 4.87. The van der Waals surface area contributed by atoms with Crippen LogP contribution in [0, 0.1) is 5.92 Å². The molecule has 0 amide bonds. The smallest absolute Gasteiger partial charge is 0.0810 e. The highest BCUT2D eigenvalue weighted by atomic mass is 16.5. The van der Waals surface area contributed by atoms with E-state index in [9.17, 15) is 5.11 Å². The van der Waals surface area contributed by atoms with Crippen molar-refractivity contribution < 1.29 is 9.84 Å². The van der Waals surface area contributed by atoms with E-state index in [2.05, 4.69) is 13.0 Å². The van der Waals surface area contributed by atoms with Crippen molar-refractivity contribution in [3.8, 4) is 0 Å². The van der Waals surface area contributed by atoms with Crippen LogP contribution >= 0.6 is 0 Å². The zero-order valence-electron chi connectivity index (χ0n) is 9.00. The number of hydrogen-bond donors (Lipinski definition) is 1. The Kier molecular flexibility index (Phi) is 3.14. The van der Waals surface area contributed by atoms with E-state index in [1.54, 1.807) is 7.11 Å². The summed E-state index contributed by atoms with van der Waals surface area (Å²) in [4.78, 5) is 0. The van der Waals surface area contributed by atoms with Crippen LogP contribution in [0.1, 0.15) is 33.6 Å². The number of allylic oxidation sites excluding steroid dienone is 1. The zero-order chi connectivity index (χ0) is 10.1. The Hall–Kier alpha value is -0.340. The standard InChI is InChI=1S/C11H20O2/c1-8-5-6-9(11(2,3)12)10(7-8)13-4/h7,9-10,12H,5-6H2,1-4H3/t9-,10+/m1/s1. The van der Waals surface area contributed by atoms with Crippen LogP contribution in [0.25, 0.3) is 0 Å². The van der Waals surface area contributed by atoms with E-state index >= 15 is 0 Å². The van der Waals surface area contributed by atoms with Gasteiger partial charge in [-0.15, -0.1) is 0 Å². The van der Waals surface area contributed by atoms with E-state index in [0.717, 1.165) is 12.8 Å². The summed E-state index contributed by atoms with van der Waals surface area (Å²) in [5, 5.41) is 9.92. The highest BCUT2D eigenvalue weighted by Gasteiger charge is 2.34. The van der Waals surface area contributed by atoms with Crippen LogP contribution in [0.3, 0.4) is 0 Å². The van der Waals surface area contributed by atoms with Gasteiger partial charge in [-0.25, -0.2) is 0 Å². The second kappa shape index (κ2) is 3.81. The average molecular weight is 184 g/mol. The molecular formula is C11H20O2. The molecule has 0 spiro atoms. The molecule has 0 aromatic carbocycles. The number of aliphatic hydroxyl groups is 1. The minimum Gasteiger partial charge on any atom is -0.390 e. The fourth-order valence-electron chi connectivity index (χ4n) is 2.01. The van der Waals surface area contributed by atoms with Gasteiger partial charge in [-0.2, -0.15) is 0 Å². The molecule has 0 aromatic heterocycles. The van der Waals surface area contributed by atoms with E-state index < -0.39 is 5.60 Å². The van der Waals surface area contributed by atoms with Crippen molar-refractivity contribution in [2.24, 2.45) is 5.92 Å². The molecule has 1 rings (SSSR count). The van der Waals surface area contributed by atoms with Gasteiger partial charge in [0, 0.05) is 13.0 Å². The Morgan fingerprint density at radius 2 is 2.15 bits per heavy atom. The van der Waals surface area contributed by atoms with Crippen LogP contribution < -0.4 is 0 Å². The Bertz CT molecular complexity index is 201. The molecule has 0 aromatic rings. The summed E-state index contributed by atoms with van der Waals surface area (Å²) in [6, 6.07) is 0. The molecule has 0 fully saturated rings. The second-order valence-electron chi connectivity index (χ2n) is 4.51. The monoisotopic (exact) mass is 184 g/mol. The largest absolute Gasteiger partial charge is 0.390 e. The number of hydrogen-bond acceptors (Lipinski definition) is 2. The highest BCUT2D eigenvalue weighted by molar-refractivity contribution is 5.10. The lowest BCUT2D eigenvalue weighted by Gasteiger charge is -2.36. The molecule has 0 saturated carbocycles. The third kappa shape index (κ3) is 2.55. The molecule has 0 heterocycles. The first kappa shape index (κ1) is 10.7. The van der Waals surface area contributed by atoms with E-state index in [4.69, 9.17) is 4.74 Å². The minimum absolute atomic E-state index is 0.0775. The van der Waals surface area contributed by atoms with Gasteiger partial charge in [-0.1, -0.05) is 11.6 Å². The molecule has 0 radical (unpaired) electrons. The fourth-order valence-corrected chi connectivity index (χ4v) is 2.01. The van der Waals surface area contributed by atoms with Crippen LogP contribution in [-0.4, -0.2) is 23.9 Å². The van der Waals surface area contributed by atoms with Crippen molar-refractivity contribution in [2.45, 2.75) is 45.3 Å². The SMILES string of the molecule is CO[C@H]1C=C(C)CC[C@H]1C(C)(C)O. The molecule has 1 aliphatic carbocycles. The van der Waals surface area contributed by atoms with Gasteiger partial charge in [-0.3, -0.25) is 0 Å². The van der Waals surface area contributed by atoms with Crippen molar-refractivity contribution in [2.75, 3.05) is 7.11 Å². The Morgan fingerprint density at radius 3 is 2.62 bits per heavy atom. The molecular weight excluding hydrogens is 164 g/mol. The molecule has 76 valence electrons. The van der Waals surface area contributed by atoms with Gasteiger partial charge < -0.3 is 9.84 Å². The molecule has 1 aliphatic rings. The first-order chi connectivity index (χ1) is 5.95. The average Bonchev–Trinajstić information content (AvgIpc) is 2.01. The van der Waals surface area contributed by atoms with Gasteiger partial charge in [0.25, 0.3) is 0 Å². The molecule has 0 saturated heterocycles. The molecule has 0 bridgehead atoms. The van der Waals surface area contributed by atoms with Gasteiger partial charge >= 0.3 is 0 Å². The van der Waals surface area contributed by atoms with Gasteiger partial charge in [0.1, 0.15) is 0 Å². The lowest BCUT2D eigenvalue weighted by Crippen LogP contribution is -2.41. The summed E-state index contributed by atoms with van der Waals surface area (Å²) >= 11 is 0. The van der Waals surface area contributed by atoms with Gasteiger partial charge in [0.2, 0.25) is 0 Å². The van der Waals surface area contributed by atoms with Crippen LogP contribution in [0.5, 0.6) is 0 Å². The van der Waals surface area contributed by atoms with Gasteiger partial charge in [0.15, 0.2) is 0 Å². The maximum atomic E-state index is 9.92. The second-order valence-corrected chi connectivity index (χ2v) is 4.51. The van der Waals surface area contributed by atoms with E-state index in [1.165, 1.54) is 5.57 Å². The number of methoxy groups -OCH3 is 1. The number of ether oxygens (including phenoxy) is 1. The van der Waals surface area contributed by atoms with Gasteiger partial charge in [0.05, 0.1) is 11.7 Å². The summed E-state index contributed by atoms with van der Waals surface area (Å²) in [5.74, 6) is 0.223. The summed E-state index contributed by atoms with van der Waals surface area (Å²) in [5.41, 5.74) is 0.727. The summed E-state index contributed by atoms with van der Waals surface area (Å²) < 4.78 is 5.36. The lowest BCUT2D eigenvalue weighted by atomic mass is 9.78. The molecule has 0 aliphatic heterocycles. The van der Waals surface area contributed by atoms with Gasteiger partial charge in [-0.05, 0) is 33.6 Å². The van der Waals surface area contributed by atoms with Crippen LogP contribution in [-0.2, 0) is 4.74 Å². The minimum atomic E-state index is -0.641. The normalized spacial score (nSPS) is 30.1. The Labute approximate surface area is 80.6 Å². The molecule has 0 unspecified atom stereocenters. The van der Waals surface area contributed by atoms with Crippen molar-refractivity contribution >= 4 is 0 Å². The Balaban J connectivity index is 2.77. The van der Waals surface area contributed by atoms with Crippen molar-refractivity contribution in [1.82, 2.24) is 0 Å². The van der Waals surface area contributed by atoms with E-state index in [1.807, 2.05) is 13.8 Å². The first-order valence-electron chi connectivity index (χ1n) is 4.87. The molecule has 13 heavy (non-hydrogen) atoms. The zero-order valence-corrected chi connectivity index (χ0v) is 9.00. The third-order valence-electron chi connectivity index (χ3n) is 2.87. The fraction of sp³-hybridized carbons (Fsp3) is 0.818. The van der Waals surface area contributed by atoms with Crippen LogP contribution in [0.2, 0.25) is 0 Å². The summed E-state index contributed by atoms with van der Waals surface area (Å²) in [6.07, 6.45) is 4.30. The molecule has 1 N–H and O–H groups in total. The van der Waals surface area contributed by atoms with Crippen LogP contribution in [0.4, 0.5) is 0 Å². The maximum absolute atomic E-state index is 9.92. The maximum Gasteiger partial charge on any atom is 0.0810 e. The van der Waals surface area contributed by atoms with Crippen LogP contribution in [0.15, 0.2) is 11.6 Å². The molecule has 2 atom stereocenters. The topological polar surface area (TPSA) is 29.5 Å². The molecule has 2 heteroatoms. The molecule has 2 nitrogen and oxygen atoms in total. The predicted molar refractivity (Wildman–Crippen MR) is 53.6 cm³/mol. The highest BCUT2D eigenvalue weighted by Crippen LogP contribution is 2.33. The number of rotatable bonds is 2. The van der Waals surface area contributed by atoms with Crippen molar-refractivity contribution in [1.29, 1.82) is 0 Å². The Morgan fingerprint density at radius 1 is 1.54 bits per heavy atom.